The molecule has 1 heterocycles. The van der Waals surface area contributed by atoms with Crippen molar-refractivity contribution in [3.05, 3.63) is 108 Å². The van der Waals surface area contributed by atoms with Crippen LogP contribution >= 0.6 is 0 Å². The highest BCUT2D eigenvalue weighted by atomic mass is 16.2. The van der Waals surface area contributed by atoms with Crippen LogP contribution in [0.25, 0.3) is 0 Å². The summed E-state index contributed by atoms with van der Waals surface area (Å²) in [7, 11) is 0. The lowest BCUT2D eigenvalue weighted by molar-refractivity contribution is -0.130. The summed E-state index contributed by atoms with van der Waals surface area (Å²) < 4.78 is 0. The molecule has 1 aliphatic rings. The smallest absolute Gasteiger partial charge is 0.315 e. The van der Waals surface area contributed by atoms with Crippen molar-refractivity contribution in [2.45, 2.75) is 18.4 Å². The largest absolute Gasteiger partial charge is 0.325 e. The standard InChI is InChI=1S/C24H22N2O2/c27-22-24(20-14-6-2-7-15-20,21-16-8-3-9-17-21)25-23(28)26(22)18-10-13-19-11-4-1-5-12-19/h1-9,11-12,14-17H,10,13,18H2,(H,25,28). The molecule has 4 nitrogen and oxygen atoms in total. The van der Waals surface area contributed by atoms with Gasteiger partial charge in [0, 0.05) is 6.54 Å². The Bertz CT molecular complexity index is 916. The Kier molecular flexibility index (Phi) is 4.94. The molecule has 0 bridgehead atoms. The topological polar surface area (TPSA) is 49.4 Å². The van der Waals surface area contributed by atoms with E-state index in [1.165, 1.54) is 10.5 Å². The van der Waals surface area contributed by atoms with Crippen LogP contribution in [0.2, 0.25) is 0 Å². The van der Waals surface area contributed by atoms with Gasteiger partial charge < -0.3 is 5.32 Å². The van der Waals surface area contributed by atoms with Gasteiger partial charge in [-0.15, -0.1) is 0 Å². The van der Waals surface area contributed by atoms with Gasteiger partial charge in [0.25, 0.3) is 5.91 Å². The first-order chi connectivity index (χ1) is 13.7. The molecular formula is C24H22N2O2. The average molecular weight is 370 g/mol. The molecule has 0 spiro atoms. The number of nitrogens with zero attached hydrogens (tertiary/aromatic N) is 1. The average Bonchev–Trinajstić information content (AvgIpc) is 3.01. The molecule has 4 rings (SSSR count). The van der Waals surface area contributed by atoms with Gasteiger partial charge in [-0.25, -0.2) is 4.79 Å². The predicted octanol–water partition coefficient (Wildman–Crippen LogP) is 4.11. The molecule has 3 aromatic carbocycles. The number of imide groups is 1. The Balaban J connectivity index is 1.62. The fourth-order valence-electron chi connectivity index (χ4n) is 3.80. The first-order valence-corrected chi connectivity index (χ1v) is 9.51. The zero-order valence-corrected chi connectivity index (χ0v) is 15.5. The maximum atomic E-state index is 13.5. The van der Waals surface area contributed by atoms with Crippen molar-refractivity contribution in [3.8, 4) is 0 Å². The van der Waals surface area contributed by atoms with E-state index in [0.29, 0.717) is 6.54 Å². The molecule has 3 aromatic rings. The van der Waals surface area contributed by atoms with E-state index in [1.54, 1.807) is 0 Å². The molecule has 28 heavy (non-hydrogen) atoms. The lowest BCUT2D eigenvalue weighted by atomic mass is 9.82. The van der Waals surface area contributed by atoms with Crippen molar-refractivity contribution in [2.24, 2.45) is 0 Å². The van der Waals surface area contributed by atoms with Gasteiger partial charge in [0.05, 0.1) is 0 Å². The SMILES string of the molecule is O=C1NC(c2ccccc2)(c2ccccc2)C(=O)N1CCCc1ccccc1. The maximum Gasteiger partial charge on any atom is 0.325 e. The van der Waals surface area contributed by atoms with Crippen LogP contribution in [0.5, 0.6) is 0 Å². The Hall–Kier alpha value is -3.40. The first kappa shape index (κ1) is 18.0. The lowest BCUT2D eigenvalue weighted by Gasteiger charge is -2.28. The van der Waals surface area contributed by atoms with Crippen LogP contribution in [0.15, 0.2) is 91.0 Å². The maximum absolute atomic E-state index is 13.5. The molecule has 1 aliphatic heterocycles. The number of hydrogen-bond acceptors (Lipinski definition) is 2. The Morgan fingerprint density at radius 1 is 0.714 bits per heavy atom. The van der Waals surface area contributed by atoms with Gasteiger partial charge in [0.2, 0.25) is 0 Å². The molecule has 3 amide bonds. The molecule has 0 atom stereocenters. The molecule has 0 aromatic heterocycles. The van der Waals surface area contributed by atoms with E-state index in [1.807, 2.05) is 78.9 Å². The normalized spacial score (nSPS) is 15.5. The number of carbonyl (C=O) groups is 2. The van der Waals surface area contributed by atoms with E-state index in [0.717, 1.165) is 24.0 Å². The predicted molar refractivity (Wildman–Crippen MR) is 109 cm³/mol. The van der Waals surface area contributed by atoms with Crippen LogP contribution in [-0.4, -0.2) is 23.4 Å². The molecule has 1 fully saturated rings. The number of hydrogen-bond donors (Lipinski definition) is 1. The van der Waals surface area contributed by atoms with Crippen molar-refractivity contribution >= 4 is 11.9 Å². The monoisotopic (exact) mass is 370 g/mol. The number of aryl methyl sites for hydroxylation is 1. The molecule has 0 unspecified atom stereocenters. The first-order valence-electron chi connectivity index (χ1n) is 9.51. The second kappa shape index (κ2) is 7.69. The third-order valence-electron chi connectivity index (χ3n) is 5.21. The highest BCUT2D eigenvalue weighted by molar-refractivity contribution is 6.09. The summed E-state index contributed by atoms with van der Waals surface area (Å²) in [6.07, 6.45) is 1.55. The quantitative estimate of drug-likeness (QED) is 0.664. The van der Waals surface area contributed by atoms with Crippen LogP contribution in [0, 0.1) is 0 Å². The van der Waals surface area contributed by atoms with Crippen molar-refractivity contribution in [2.75, 3.05) is 6.54 Å². The van der Waals surface area contributed by atoms with Crippen molar-refractivity contribution in [1.82, 2.24) is 10.2 Å². The van der Waals surface area contributed by atoms with Gasteiger partial charge in [-0.2, -0.15) is 0 Å². The molecule has 0 aliphatic carbocycles. The minimum Gasteiger partial charge on any atom is -0.315 e. The number of rotatable bonds is 6. The molecular weight excluding hydrogens is 348 g/mol. The third kappa shape index (κ3) is 3.18. The van der Waals surface area contributed by atoms with Crippen LogP contribution in [-0.2, 0) is 16.8 Å². The van der Waals surface area contributed by atoms with Crippen LogP contribution in [0.1, 0.15) is 23.1 Å². The van der Waals surface area contributed by atoms with Crippen LogP contribution in [0.3, 0.4) is 0 Å². The van der Waals surface area contributed by atoms with E-state index in [4.69, 9.17) is 0 Å². The Morgan fingerprint density at radius 2 is 1.21 bits per heavy atom. The van der Waals surface area contributed by atoms with Gasteiger partial charge in [-0.3, -0.25) is 9.69 Å². The second-order valence-corrected chi connectivity index (χ2v) is 6.96. The number of amides is 3. The number of urea groups is 1. The van der Waals surface area contributed by atoms with E-state index in [-0.39, 0.29) is 11.9 Å². The fraction of sp³-hybridized carbons (Fsp3) is 0.167. The van der Waals surface area contributed by atoms with Gasteiger partial charge in [0.15, 0.2) is 5.54 Å². The Morgan fingerprint density at radius 3 is 1.75 bits per heavy atom. The molecule has 4 heteroatoms. The molecule has 0 radical (unpaired) electrons. The third-order valence-corrected chi connectivity index (χ3v) is 5.21. The summed E-state index contributed by atoms with van der Waals surface area (Å²) in [6, 6.07) is 28.7. The number of nitrogens with one attached hydrogen (secondary N) is 1. The summed E-state index contributed by atoms with van der Waals surface area (Å²) in [4.78, 5) is 27.7. The summed E-state index contributed by atoms with van der Waals surface area (Å²) in [5.41, 5.74) is 1.56. The zero-order chi connectivity index (χ0) is 19.4. The van der Waals surface area contributed by atoms with Crippen LogP contribution in [0.4, 0.5) is 4.79 Å². The second-order valence-electron chi connectivity index (χ2n) is 6.96. The van der Waals surface area contributed by atoms with E-state index < -0.39 is 5.54 Å². The van der Waals surface area contributed by atoms with Crippen LogP contribution < -0.4 is 5.32 Å². The van der Waals surface area contributed by atoms with Gasteiger partial charge in [-0.05, 0) is 29.5 Å². The summed E-state index contributed by atoms with van der Waals surface area (Å²) in [6.45, 7) is 0.390. The minimum absolute atomic E-state index is 0.219. The zero-order valence-electron chi connectivity index (χ0n) is 15.5. The molecule has 0 saturated carbocycles. The molecule has 1 N–H and O–H groups in total. The van der Waals surface area contributed by atoms with Crippen molar-refractivity contribution in [1.29, 1.82) is 0 Å². The van der Waals surface area contributed by atoms with E-state index in [9.17, 15) is 9.59 Å². The van der Waals surface area contributed by atoms with Gasteiger partial charge in [-0.1, -0.05) is 91.0 Å². The highest BCUT2D eigenvalue weighted by Crippen LogP contribution is 2.36. The lowest BCUT2D eigenvalue weighted by Crippen LogP contribution is -2.45. The van der Waals surface area contributed by atoms with Crippen molar-refractivity contribution in [3.63, 3.8) is 0 Å². The minimum atomic E-state index is -1.17. The highest BCUT2D eigenvalue weighted by Gasteiger charge is 2.53. The molecule has 1 saturated heterocycles. The van der Waals surface area contributed by atoms with Gasteiger partial charge in [0.1, 0.15) is 0 Å². The number of benzene rings is 3. The fourth-order valence-corrected chi connectivity index (χ4v) is 3.80. The molecule has 140 valence electrons. The van der Waals surface area contributed by atoms with Gasteiger partial charge >= 0.3 is 6.03 Å². The van der Waals surface area contributed by atoms with E-state index >= 15 is 0 Å². The number of carbonyl (C=O) groups excluding carboxylic acids is 2. The summed E-state index contributed by atoms with van der Waals surface area (Å²) in [5, 5.41) is 2.99. The summed E-state index contributed by atoms with van der Waals surface area (Å²) >= 11 is 0. The summed E-state index contributed by atoms with van der Waals surface area (Å²) in [5.74, 6) is -0.219. The van der Waals surface area contributed by atoms with Crippen molar-refractivity contribution < 1.29 is 9.59 Å². The Labute approximate surface area is 164 Å². The van der Waals surface area contributed by atoms with E-state index in [2.05, 4.69) is 17.4 Å².